The van der Waals surface area contributed by atoms with Crippen LogP contribution >= 0.6 is 7.94 Å². The first kappa shape index (κ1) is 13.8. The van der Waals surface area contributed by atoms with Gasteiger partial charge in [-0.2, -0.15) is 0 Å². The summed E-state index contributed by atoms with van der Waals surface area (Å²) in [4.78, 5) is 26.8. The van der Waals surface area contributed by atoms with Crippen LogP contribution in [0.3, 0.4) is 0 Å². The highest BCUT2D eigenvalue weighted by molar-refractivity contribution is 7.59. The van der Waals surface area contributed by atoms with E-state index in [0.29, 0.717) is 10.2 Å². The average Bonchev–Trinajstić information content (AvgIpc) is 2.25. The smallest absolute Gasteiger partial charge is 0.397 e. The lowest BCUT2D eigenvalue weighted by Gasteiger charge is -2.20. The van der Waals surface area contributed by atoms with Crippen molar-refractivity contribution in [2.75, 3.05) is 33.1 Å². The maximum Gasteiger partial charge on any atom is 0.397 e. The number of para-hydroxylation sites is 1. The number of anilines is 1. The zero-order valence-electron chi connectivity index (χ0n) is 10.3. The van der Waals surface area contributed by atoms with Gasteiger partial charge in [-0.15, -0.1) is 0 Å². The van der Waals surface area contributed by atoms with Crippen LogP contribution in [0, 0.1) is 0 Å². The summed E-state index contributed by atoms with van der Waals surface area (Å²) in [6, 6.07) is 9.11. The number of quaternary nitrogens is 1. The normalized spacial score (nSPS) is 12.4. The van der Waals surface area contributed by atoms with Gasteiger partial charge in [-0.3, -0.25) is 0 Å². The maximum atomic E-state index is 11.6. The summed E-state index contributed by atoms with van der Waals surface area (Å²) in [5.41, 5.74) is 2.99. The van der Waals surface area contributed by atoms with Gasteiger partial charge < -0.3 is 9.38 Å². The van der Waals surface area contributed by atoms with Crippen LogP contribution in [-0.4, -0.2) is 37.7 Å². The quantitative estimate of drug-likeness (QED) is 0.487. The van der Waals surface area contributed by atoms with E-state index in [1.807, 2.05) is 39.3 Å². The number of rotatable bonds is 5. The fourth-order valence-corrected chi connectivity index (χ4v) is 2.00. The lowest BCUT2D eigenvalue weighted by molar-refractivity contribution is -0.861. The van der Waals surface area contributed by atoms with Crippen LogP contribution in [0.5, 0.6) is 0 Å². The predicted octanol–water partition coefficient (Wildman–Crippen LogP) is 1.19. The number of hydrogen-bond acceptors (Lipinski definition) is 3. The van der Waals surface area contributed by atoms with Crippen molar-refractivity contribution in [2.24, 2.45) is 4.85 Å². The lowest BCUT2D eigenvalue weighted by Crippen LogP contribution is -2.39. The molecule has 1 aromatic rings. The van der Waals surface area contributed by atoms with Crippen LogP contribution < -0.4 is 10.3 Å². The molecular formula is C11H17N3O2P+. The Bertz CT molecular complexity index is 412. The zero-order chi connectivity index (χ0) is 12.9. The van der Waals surface area contributed by atoms with Crippen molar-refractivity contribution in [2.45, 2.75) is 0 Å². The fraction of sp³-hybridized carbons (Fsp3) is 0.364. The van der Waals surface area contributed by atoms with Crippen molar-refractivity contribution < 1.29 is 14.2 Å². The first-order valence-electron chi connectivity index (χ1n) is 5.21. The first-order chi connectivity index (χ1) is 7.88. The molecule has 0 bridgehead atoms. The molecule has 0 amide bonds. The Balaban J connectivity index is 2.58. The Morgan fingerprint density at radius 3 is 2.47 bits per heavy atom. The van der Waals surface area contributed by atoms with Gasteiger partial charge in [-0.05, 0) is 12.1 Å². The van der Waals surface area contributed by atoms with E-state index < -0.39 is 7.94 Å². The molecular weight excluding hydrogens is 237 g/mol. The third kappa shape index (κ3) is 5.54. The molecule has 1 rings (SSSR count). The summed E-state index contributed by atoms with van der Waals surface area (Å²) >= 11 is 0. The van der Waals surface area contributed by atoms with Gasteiger partial charge in [0.25, 0.3) is 7.94 Å². The molecule has 0 radical (unpaired) electrons. The summed E-state index contributed by atoms with van der Waals surface area (Å²) in [5.74, 6) is 0. The molecule has 0 saturated carbocycles. The van der Waals surface area contributed by atoms with Crippen LogP contribution in [-0.2, 0) is 4.79 Å². The lowest BCUT2D eigenvalue weighted by atomic mass is 10.3. The van der Waals surface area contributed by atoms with Gasteiger partial charge >= 0.3 is 5.52 Å². The summed E-state index contributed by atoms with van der Waals surface area (Å²) < 4.78 is 0.445. The number of hydrogen-bond donors (Lipinski definition) is 1. The second-order valence-electron chi connectivity index (χ2n) is 4.69. The largest absolute Gasteiger partial charge is 0.603 e. The van der Waals surface area contributed by atoms with Crippen molar-refractivity contribution in [3.05, 3.63) is 30.3 Å². The van der Waals surface area contributed by atoms with E-state index in [1.54, 1.807) is 12.1 Å². The van der Waals surface area contributed by atoms with E-state index >= 15 is 0 Å². The van der Waals surface area contributed by atoms with E-state index in [0.717, 1.165) is 0 Å². The van der Waals surface area contributed by atoms with E-state index in [-0.39, 0.29) is 12.1 Å². The molecule has 0 spiro atoms. The van der Waals surface area contributed by atoms with Crippen LogP contribution in [0.2, 0.25) is 0 Å². The van der Waals surface area contributed by atoms with Crippen molar-refractivity contribution in [1.29, 1.82) is 0 Å². The van der Waals surface area contributed by atoms with E-state index in [2.05, 4.69) is 10.3 Å². The summed E-state index contributed by atoms with van der Waals surface area (Å²) in [5, 5.41) is 0. The molecule has 5 nitrogen and oxygen atoms in total. The van der Waals surface area contributed by atoms with Crippen LogP contribution in [0.1, 0.15) is 0 Å². The molecule has 0 saturated heterocycles. The van der Waals surface area contributed by atoms with E-state index in [4.69, 9.17) is 0 Å². The summed E-state index contributed by atoms with van der Waals surface area (Å²) in [6.07, 6.45) is 0. The molecule has 0 fully saturated rings. The molecule has 6 heteroatoms. The Kier molecular flexibility index (Phi) is 4.75. The molecule has 0 aliphatic carbocycles. The molecule has 0 aliphatic heterocycles. The number of nitrogens with zero attached hydrogens (tertiary/aromatic N) is 2. The Labute approximate surface area is 102 Å². The number of carbonyl (C=O) groups is 1. The van der Waals surface area contributed by atoms with E-state index in [1.165, 1.54) is 0 Å². The standard InChI is InChI=1S/C11H16N3O2P/c1-14(2,3)9-11(15)17(16)13-12-10-7-5-4-6-8-10/h4-8H,9H2,1-3H3/p+1. The third-order valence-corrected chi connectivity index (χ3v) is 2.72. The second-order valence-corrected chi connectivity index (χ2v) is 5.94. The van der Waals surface area contributed by atoms with E-state index in [9.17, 15) is 9.69 Å². The van der Waals surface area contributed by atoms with Gasteiger partial charge in [-0.25, -0.2) is 10.2 Å². The topological polar surface area (TPSA) is 64.5 Å². The van der Waals surface area contributed by atoms with Crippen LogP contribution in [0.25, 0.3) is 0 Å². The second kappa shape index (κ2) is 5.87. The molecule has 17 heavy (non-hydrogen) atoms. The van der Waals surface area contributed by atoms with Crippen molar-refractivity contribution in [3.63, 3.8) is 0 Å². The minimum absolute atomic E-state index is 0.204. The van der Waals surface area contributed by atoms with Gasteiger partial charge in [0.15, 0.2) is 6.54 Å². The average molecular weight is 254 g/mol. The van der Waals surface area contributed by atoms with Gasteiger partial charge in [0.2, 0.25) is 0 Å². The molecule has 1 N–H and O–H groups in total. The van der Waals surface area contributed by atoms with Crippen molar-refractivity contribution >= 4 is 19.2 Å². The van der Waals surface area contributed by atoms with Gasteiger partial charge in [0.05, 0.1) is 26.8 Å². The molecule has 92 valence electrons. The summed E-state index contributed by atoms with van der Waals surface area (Å²) in [7, 11) is 3.38. The van der Waals surface area contributed by atoms with Gasteiger partial charge in [0.1, 0.15) is 0 Å². The monoisotopic (exact) mass is 254 g/mol. The highest BCUT2D eigenvalue weighted by atomic mass is 31.1. The Hall–Kier alpha value is -1.29. The minimum Gasteiger partial charge on any atom is -0.603 e. The molecule has 0 aromatic heterocycles. The predicted molar refractivity (Wildman–Crippen MR) is 67.3 cm³/mol. The molecule has 1 atom stereocenters. The molecule has 0 heterocycles. The summed E-state index contributed by atoms with van der Waals surface area (Å²) in [6.45, 7) is 0.204. The minimum atomic E-state index is -2.22. The number of likely N-dealkylation sites (N-methyl/N-ethyl adjacent to an activating group) is 1. The van der Waals surface area contributed by atoms with Crippen LogP contribution in [0.4, 0.5) is 5.69 Å². The highest BCUT2D eigenvalue weighted by Gasteiger charge is 2.23. The SMILES string of the molecule is C[N+](C)(C)CC(=O)[P+]([O-])=NNc1ccccc1. The van der Waals surface area contributed by atoms with Gasteiger partial charge in [0, 0.05) is 4.85 Å². The molecule has 1 aromatic carbocycles. The van der Waals surface area contributed by atoms with Crippen molar-refractivity contribution in [1.82, 2.24) is 0 Å². The van der Waals surface area contributed by atoms with Gasteiger partial charge in [-0.1, -0.05) is 18.2 Å². The van der Waals surface area contributed by atoms with Crippen LogP contribution in [0.15, 0.2) is 35.2 Å². The molecule has 0 aliphatic rings. The number of carbonyl (C=O) groups excluding carboxylic acids is 1. The Morgan fingerprint density at radius 1 is 1.35 bits per heavy atom. The molecule has 1 unspecified atom stereocenters. The fourth-order valence-electron chi connectivity index (χ4n) is 1.14. The third-order valence-electron chi connectivity index (χ3n) is 1.87. The number of benzene rings is 1. The van der Waals surface area contributed by atoms with Crippen molar-refractivity contribution in [3.8, 4) is 0 Å². The zero-order valence-corrected chi connectivity index (χ0v) is 11.1. The Morgan fingerprint density at radius 2 is 1.94 bits per heavy atom. The highest BCUT2D eigenvalue weighted by Crippen LogP contribution is 2.18. The number of nitrogens with one attached hydrogen (secondary N) is 1. The first-order valence-corrected chi connectivity index (χ1v) is 6.42. The maximum absolute atomic E-state index is 11.6.